The fraction of sp³-hybridized carbons (Fsp3) is 0.667. The van der Waals surface area contributed by atoms with Crippen molar-refractivity contribution < 1.29 is 9.53 Å². The van der Waals surface area contributed by atoms with Gasteiger partial charge in [0.15, 0.2) is 0 Å². The fourth-order valence-corrected chi connectivity index (χ4v) is 3.94. The molecule has 0 aromatic heterocycles. The maximum Gasteiger partial charge on any atom is 0.410 e. The monoisotopic (exact) mass is 331 g/mol. The molecule has 0 saturated heterocycles. The van der Waals surface area contributed by atoms with Gasteiger partial charge in [0.05, 0.1) is 0 Å². The first-order chi connectivity index (χ1) is 11.1. The van der Waals surface area contributed by atoms with Crippen LogP contribution in [-0.4, -0.2) is 23.1 Å². The van der Waals surface area contributed by atoms with Crippen molar-refractivity contribution in [2.45, 2.75) is 79.5 Å². The summed E-state index contributed by atoms with van der Waals surface area (Å²) in [6.45, 7) is 14.9. The van der Waals surface area contributed by atoms with Crippen LogP contribution in [0.4, 0.5) is 4.79 Å². The molecule has 1 aromatic carbocycles. The normalized spacial score (nSPS) is 20.9. The number of carbonyl (C=O) groups is 1. The van der Waals surface area contributed by atoms with Gasteiger partial charge in [-0.1, -0.05) is 45.0 Å². The third-order valence-corrected chi connectivity index (χ3v) is 5.12. The summed E-state index contributed by atoms with van der Waals surface area (Å²) < 4.78 is 6.13. The highest BCUT2D eigenvalue weighted by molar-refractivity contribution is 5.69. The minimum absolute atomic E-state index is 0.0962. The molecule has 0 aliphatic heterocycles. The smallest absolute Gasteiger partial charge is 0.410 e. The highest BCUT2D eigenvalue weighted by Gasteiger charge is 2.40. The lowest BCUT2D eigenvalue weighted by Gasteiger charge is -2.42. The quantitative estimate of drug-likeness (QED) is 0.722. The SMILES string of the molecule is CC(C)N(C(=O)O[C@H]1c2ccccc2CC[C@@H]1C(C)(C)C)C(C)C. The number of hydrogen-bond acceptors (Lipinski definition) is 2. The van der Waals surface area contributed by atoms with Gasteiger partial charge in [0.2, 0.25) is 0 Å². The van der Waals surface area contributed by atoms with Crippen LogP contribution in [0.5, 0.6) is 0 Å². The molecule has 1 aliphatic rings. The van der Waals surface area contributed by atoms with Crippen LogP contribution in [-0.2, 0) is 11.2 Å². The van der Waals surface area contributed by atoms with Gasteiger partial charge in [-0.25, -0.2) is 4.79 Å². The molecule has 0 spiro atoms. The van der Waals surface area contributed by atoms with E-state index < -0.39 is 0 Å². The zero-order valence-corrected chi connectivity index (χ0v) is 16.3. The van der Waals surface area contributed by atoms with E-state index in [9.17, 15) is 4.79 Å². The van der Waals surface area contributed by atoms with Crippen LogP contribution in [0.2, 0.25) is 0 Å². The van der Waals surface area contributed by atoms with Crippen molar-refractivity contribution in [3.63, 3.8) is 0 Å². The molecule has 0 bridgehead atoms. The molecular formula is C21H33NO2. The number of rotatable bonds is 3. The van der Waals surface area contributed by atoms with Crippen LogP contribution in [0.15, 0.2) is 24.3 Å². The maximum atomic E-state index is 12.9. The number of carbonyl (C=O) groups excluding carboxylic acids is 1. The number of benzene rings is 1. The molecule has 24 heavy (non-hydrogen) atoms. The molecule has 0 heterocycles. The Labute approximate surface area is 147 Å². The van der Waals surface area contributed by atoms with Gasteiger partial charge in [0.1, 0.15) is 6.10 Å². The third kappa shape index (κ3) is 3.93. The van der Waals surface area contributed by atoms with E-state index >= 15 is 0 Å². The van der Waals surface area contributed by atoms with E-state index in [2.05, 4.69) is 39.0 Å². The molecule has 1 amide bonds. The van der Waals surface area contributed by atoms with Gasteiger partial charge in [-0.15, -0.1) is 0 Å². The minimum atomic E-state index is -0.198. The van der Waals surface area contributed by atoms with E-state index in [1.807, 2.05) is 38.7 Å². The van der Waals surface area contributed by atoms with Crippen molar-refractivity contribution in [1.82, 2.24) is 4.90 Å². The van der Waals surface area contributed by atoms with Crippen LogP contribution in [0.25, 0.3) is 0 Å². The van der Waals surface area contributed by atoms with E-state index in [0.29, 0.717) is 5.92 Å². The lowest BCUT2D eigenvalue weighted by Crippen LogP contribution is -2.44. The Morgan fingerprint density at radius 3 is 2.25 bits per heavy atom. The van der Waals surface area contributed by atoms with Crippen molar-refractivity contribution >= 4 is 6.09 Å². The highest BCUT2D eigenvalue weighted by Crippen LogP contribution is 2.46. The van der Waals surface area contributed by atoms with Crippen molar-refractivity contribution in [3.05, 3.63) is 35.4 Å². The minimum Gasteiger partial charge on any atom is -0.441 e. The van der Waals surface area contributed by atoms with E-state index in [1.165, 1.54) is 11.1 Å². The Hall–Kier alpha value is -1.51. The number of ether oxygens (including phenoxy) is 1. The predicted molar refractivity (Wildman–Crippen MR) is 99.0 cm³/mol. The summed E-state index contributed by atoms with van der Waals surface area (Å²) in [4.78, 5) is 14.7. The maximum absolute atomic E-state index is 12.9. The van der Waals surface area contributed by atoms with Crippen LogP contribution in [0.3, 0.4) is 0 Å². The first-order valence-electron chi connectivity index (χ1n) is 9.19. The predicted octanol–water partition coefficient (Wildman–Crippen LogP) is 5.59. The topological polar surface area (TPSA) is 29.5 Å². The van der Waals surface area contributed by atoms with Crippen LogP contribution in [0, 0.1) is 11.3 Å². The lowest BCUT2D eigenvalue weighted by atomic mass is 9.69. The largest absolute Gasteiger partial charge is 0.441 e. The molecule has 0 radical (unpaired) electrons. The number of hydrogen-bond donors (Lipinski definition) is 0. The van der Waals surface area contributed by atoms with E-state index in [0.717, 1.165) is 12.8 Å². The van der Waals surface area contributed by atoms with Gasteiger partial charge in [-0.2, -0.15) is 0 Å². The Morgan fingerprint density at radius 2 is 1.71 bits per heavy atom. The van der Waals surface area contributed by atoms with Gasteiger partial charge in [-0.05, 0) is 57.1 Å². The summed E-state index contributed by atoms with van der Waals surface area (Å²) in [5.74, 6) is 0.331. The molecule has 0 saturated carbocycles. The van der Waals surface area contributed by atoms with Gasteiger partial charge in [-0.3, -0.25) is 0 Å². The summed E-state index contributed by atoms with van der Waals surface area (Å²) in [5, 5.41) is 0. The number of nitrogens with zero attached hydrogens (tertiary/aromatic N) is 1. The highest BCUT2D eigenvalue weighted by atomic mass is 16.6. The zero-order chi connectivity index (χ0) is 18.1. The van der Waals surface area contributed by atoms with Crippen molar-refractivity contribution in [2.75, 3.05) is 0 Å². The van der Waals surface area contributed by atoms with Gasteiger partial charge >= 0.3 is 6.09 Å². The molecule has 2 rings (SSSR count). The van der Waals surface area contributed by atoms with E-state index in [-0.39, 0.29) is 29.7 Å². The molecule has 1 aliphatic carbocycles. The van der Waals surface area contributed by atoms with Crippen LogP contribution in [0.1, 0.15) is 72.1 Å². The first kappa shape index (κ1) is 18.8. The third-order valence-electron chi connectivity index (χ3n) is 5.12. The lowest BCUT2D eigenvalue weighted by molar-refractivity contribution is -0.0163. The van der Waals surface area contributed by atoms with E-state index in [1.54, 1.807) is 0 Å². The average molecular weight is 332 g/mol. The second-order valence-electron chi connectivity index (χ2n) is 8.61. The number of fused-ring (bicyclic) bond motifs is 1. The summed E-state index contributed by atoms with van der Waals surface area (Å²) in [7, 11) is 0. The molecule has 3 nitrogen and oxygen atoms in total. The van der Waals surface area contributed by atoms with Crippen molar-refractivity contribution in [1.29, 1.82) is 0 Å². The first-order valence-corrected chi connectivity index (χ1v) is 9.19. The Kier molecular flexibility index (Phi) is 5.62. The second kappa shape index (κ2) is 7.16. The number of aryl methyl sites for hydroxylation is 1. The standard InChI is InChI=1S/C21H33NO2/c1-14(2)22(15(3)4)20(23)24-19-17-11-9-8-10-16(17)12-13-18(19)21(5,6)7/h8-11,14-15,18-19H,12-13H2,1-7H3/t18-,19-/m0/s1. The fourth-order valence-electron chi connectivity index (χ4n) is 3.94. The Balaban J connectivity index is 2.34. The Bertz CT molecular complexity index is 563. The molecule has 134 valence electrons. The molecule has 1 aromatic rings. The van der Waals surface area contributed by atoms with Crippen LogP contribution < -0.4 is 0 Å². The van der Waals surface area contributed by atoms with Gasteiger partial charge in [0.25, 0.3) is 0 Å². The van der Waals surface area contributed by atoms with Crippen molar-refractivity contribution in [2.24, 2.45) is 11.3 Å². The molecule has 0 unspecified atom stereocenters. The summed E-state index contributed by atoms with van der Waals surface area (Å²) in [6, 6.07) is 8.67. The molecular weight excluding hydrogens is 298 g/mol. The van der Waals surface area contributed by atoms with Gasteiger partial charge in [0, 0.05) is 18.0 Å². The average Bonchev–Trinajstić information content (AvgIpc) is 2.45. The summed E-state index contributed by atoms with van der Waals surface area (Å²) in [5.41, 5.74) is 2.60. The second-order valence-corrected chi connectivity index (χ2v) is 8.61. The summed E-state index contributed by atoms with van der Waals surface area (Å²) in [6.07, 6.45) is 1.75. The zero-order valence-electron chi connectivity index (χ0n) is 16.3. The van der Waals surface area contributed by atoms with Crippen LogP contribution >= 0.6 is 0 Å². The van der Waals surface area contributed by atoms with E-state index in [4.69, 9.17) is 4.74 Å². The van der Waals surface area contributed by atoms with Gasteiger partial charge < -0.3 is 9.64 Å². The molecule has 2 atom stereocenters. The summed E-state index contributed by atoms with van der Waals surface area (Å²) >= 11 is 0. The Morgan fingerprint density at radius 1 is 1.12 bits per heavy atom. The molecule has 0 N–H and O–H groups in total. The molecule has 0 fully saturated rings. The van der Waals surface area contributed by atoms with Crippen molar-refractivity contribution in [3.8, 4) is 0 Å². The number of amides is 1. The molecule has 3 heteroatoms.